The predicted octanol–water partition coefficient (Wildman–Crippen LogP) is 1.30. The Morgan fingerprint density at radius 1 is 0.603 bits per heavy atom. The Hall–Kier alpha value is -4.36. The molecular weight excluding hydrogens is 816 g/mol. The van der Waals surface area contributed by atoms with Crippen LogP contribution in [0.2, 0.25) is 0 Å². The summed E-state index contributed by atoms with van der Waals surface area (Å²) < 4.78 is 26.3. The zero-order chi connectivity index (χ0) is 39.8. The second-order valence-electron chi connectivity index (χ2n) is 12.6. The van der Waals surface area contributed by atoms with Gasteiger partial charge in [-0.2, -0.15) is 0 Å². The number of carbonyl (C=O) groups excluding carboxylic acids is 2. The Labute approximate surface area is 364 Å². The van der Waals surface area contributed by atoms with Crippen molar-refractivity contribution in [3.8, 4) is 23.0 Å². The molecule has 0 spiro atoms. The fraction of sp³-hybridized carbons (Fsp3) is 0.364. The van der Waals surface area contributed by atoms with Gasteiger partial charge in [0.05, 0.1) is 27.4 Å². The average molecular weight is 872 g/mol. The molecule has 14 heteroatoms. The standard InChI is InChI=1S/C44H54N4O6S2.2ClH/c1-5-53-40-18-16-38(42(34-40)54-6-2)14-12-36-21-29-48(30-22-36)26-8-10-44(50)46-24-32-56-55-31-23-45-43(49)9-7-25-47-27-19-35(20-28-47)11-13-37-15-17-39(51-3)33-41(37)52-4;;/h11-22,27-30,33-34H,5-10,23-26,31-32H2,1-4H3;2*1H/b13-11+,14-12+;;. The van der Waals surface area contributed by atoms with Crippen LogP contribution < -0.4 is 63.5 Å². The third kappa shape index (κ3) is 18.5. The number of nitrogens with zero attached hydrogens (tertiary/aromatic N) is 2. The van der Waals surface area contributed by atoms with Gasteiger partial charge < -0.3 is 54.4 Å². The topological polar surface area (TPSA) is 103 Å². The number of aromatic nitrogens is 2. The Morgan fingerprint density at radius 2 is 1.07 bits per heavy atom. The van der Waals surface area contributed by atoms with Gasteiger partial charge in [-0.05, 0) is 49.2 Å². The number of hydrogen-bond acceptors (Lipinski definition) is 8. The monoisotopic (exact) mass is 870 g/mol. The minimum Gasteiger partial charge on any atom is -1.00 e. The van der Waals surface area contributed by atoms with Crippen LogP contribution >= 0.6 is 21.6 Å². The van der Waals surface area contributed by atoms with Gasteiger partial charge in [0, 0.05) is 97.8 Å². The Morgan fingerprint density at radius 3 is 1.53 bits per heavy atom. The highest BCUT2D eigenvalue weighted by atomic mass is 35.5. The minimum absolute atomic E-state index is 0. The van der Waals surface area contributed by atoms with Crippen LogP contribution in [0.15, 0.2) is 85.5 Å². The summed E-state index contributed by atoms with van der Waals surface area (Å²) in [6.45, 7) is 7.94. The van der Waals surface area contributed by atoms with Crippen molar-refractivity contribution in [2.24, 2.45) is 0 Å². The first-order valence-corrected chi connectivity index (χ1v) is 21.6. The maximum Gasteiger partial charge on any atom is 0.220 e. The quantitative estimate of drug-likeness (QED) is 0.0585. The van der Waals surface area contributed by atoms with Crippen molar-refractivity contribution in [2.45, 2.75) is 52.6 Å². The maximum absolute atomic E-state index is 12.3. The molecule has 2 amide bonds. The molecule has 2 aromatic carbocycles. The third-order valence-corrected chi connectivity index (χ3v) is 10.9. The van der Waals surface area contributed by atoms with E-state index in [2.05, 4.69) is 50.1 Å². The number of hydrogen-bond donors (Lipinski definition) is 2. The summed E-state index contributed by atoms with van der Waals surface area (Å²) in [4.78, 5) is 24.6. The largest absolute Gasteiger partial charge is 1.00 e. The molecule has 4 rings (SSSR count). The third-order valence-electron chi connectivity index (χ3n) is 8.52. The van der Waals surface area contributed by atoms with E-state index in [1.54, 1.807) is 35.8 Å². The molecule has 0 unspecified atom stereocenters. The van der Waals surface area contributed by atoms with Gasteiger partial charge in [0.15, 0.2) is 24.8 Å². The zero-order valence-corrected chi connectivity index (χ0v) is 36.9. The average Bonchev–Trinajstić information content (AvgIpc) is 3.22. The number of carbonyl (C=O) groups is 2. The SMILES string of the molecule is CCOc1ccc(/C=C/c2cc[n+](CCCC(=O)NCCSSCCNC(=O)CCC[n+]3ccc(/C=C/c4ccc(OC)cc4OC)cc3)cc2)c(OCC)c1.[Cl-].[Cl-]. The molecule has 0 radical (unpaired) electrons. The van der Waals surface area contributed by atoms with E-state index < -0.39 is 0 Å². The molecule has 0 aliphatic rings. The molecule has 0 atom stereocenters. The van der Waals surface area contributed by atoms with Crippen LogP contribution in [0.5, 0.6) is 23.0 Å². The van der Waals surface area contributed by atoms with Crippen molar-refractivity contribution >= 4 is 57.7 Å². The number of pyridine rings is 2. The van der Waals surface area contributed by atoms with Crippen LogP contribution in [0.4, 0.5) is 0 Å². The lowest BCUT2D eigenvalue weighted by Crippen LogP contribution is -3.00. The first-order valence-electron chi connectivity index (χ1n) is 19.1. The summed E-state index contributed by atoms with van der Waals surface area (Å²) in [6, 6.07) is 19.9. The van der Waals surface area contributed by atoms with Gasteiger partial charge in [0.2, 0.25) is 11.8 Å². The molecule has 4 aromatic rings. The van der Waals surface area contributed by atoms with E-state index >= 15 is 0 Å². The first kappa shape index (κ1) is 49.8. The van der Waals surface area contributed by atoms with E-state index in [-0.39, 0.29) is 36.6 Å². The zero-order valence-electron chi connectivity index (χ0n) is 33.8. The molecular formula is C44H56Cl2N4O6S2. The van der Waals surface area contributed by atoms with Crippen molar-refractivity contribution in [3.63, 3.8) is 0 Å². The second-order valence-corrected chi connectivity index (χ2v) is 15.3. The van der Waals surface area contributed by atoms with Gasteiger partial charge in [0.25, 0.3) is 0 Å². The Bertz CT molecular complexity index is 1860. The predicted molar refractivity (Wildman–Crippen MR) is 229 cm³/mol. The molecule has 0 saturated heterocycles. The summed E-state index contributed by atoms with van der Waals surface area (Å²) >= 11 is 0. The number of halogens is 2. The molecule has 2 aromatic heterocycles. The van der Waals surface area contributed by atoms with Crippen LogP contribution in [-0.4, -0.2) is 63.8 Å². The number of amides is 2. The molecule has 2 N–H and O–H groups in total. The van der Waals surface area contributed by atoms with Gasteiger partial charge in [-0.1, -0.05) is 45.9 Å². The van der Waals surface area contributed by atoms with E-state index in [9.17, 15) is 9.59 Å². The molecule has 0 aliphatic carbocycles. The van der Waals surface area contributed by atoms with Crippen LogP contribution in [0.25, 0.3) is 24.3 Å². The van der Waals surface area contributed by atoms with Gasteiger partial charge >= 0.3 is 0 Å². The molecule has 314 valence electrons. The van der Waals surface area contributed by atoms with Crippen LogP contribution in [-0.2, 0) is 22.7 Å². The van der Waals surface area contributed by atoms with Crippen LogP contribution in [0, 0.1) is 0 Å². The highest BCUT2D eigenvalue weighted by Gasteiger charge is 2.08. The van der Waals surface area contributed by atoms with Crippen LogP contribution in [0.1, 0.15) is 61.8 Å². The van der Waals surface area contributed by atoms with Gasteiger partial charge in [-0.3, -0.25) is 9.59 Å². The number of ether oxygens (including phenoxy) is 4. The fourth-order valence-corrected chi connectivity index (χ4v) is 7.39. The smallest absolute Gasteiger partial charge is 0.220 e. The summed E-state index contributed by atoms with van der Waals surface area (Å²) in [5.74, 6) is 4.89. The lowest BCUT2D eigenvalue weighted by Gasteiger charge is -2.10. The minimum atomic E-state index is 0. The lowest BCUT2D eigenvalue weighted by atomic mass is 10.1. The van der Waals surface area contributed by atoms with Crippen molar-refractivity contribution in [1.29, 1.82) is 0 Å². The highest BCUT2D eigenvalue weighted by molar-refractivity contribution is 8.76. The molecule has 2 heterocycles. The van der Waals surface area contributed by atoms with Crippen molar-refractivity contribution in [3.05, 3.63) is 108 Å². The van der Waals surface area contributed by atoms with Gasteiger partial charge in [0.1, 0.15) is 36.1 Å². The van der Waals surface area contributed by atoms with Crippen molar-refractivity contribution in [2.75, 3.05) is 52.0 Å². The Balaban J connectivity index is 0.00000580. The summed E-state index contributed by atoms with van der Waals surface area (Å²) in [5, 5.41) is 6.02. The maximum atomic E-state index is 12.3. The second kappa shape index (κ2) is 28.9. The van der Waals surface area contributed by atoms with E-state index in [1.165, 1.54) is 0 Å². The van der Waals surface area contributed by atoms with E-state index in [4.69, 9.17) is 18.9 Å². The Kier molecular flexibility index (Phi) is 24.8. The number of methoxy groups -OCH3 is 2. The molecule has 0 fully saturated rings. The summed E-state index contributed by atoms with van der Waals surface area (Å²) in [7, 11) is 6.70. The summed E-state index contributed by atoms with van der Waals surface area (Å²) in [6.07, 6.45) is 18.8. The molecule has 0 saturated carbocycles. The van der Waals surface area contributed by atoms with E-state index in [1.807, 2.05) is 93.3 Å². The number of nitrogens with one attached hydrogen (secondary N) is 2. The normalized spacial score (nSPS) is 10.8. The van der Waals surface area contributed by atoms with Crippen molar-refractivity contribution in [1.82, 2.24) is 10.6 Å². The fourth-order valence-electron chi connectivity index (χ4n) is 5.58. The number of rotatable bonds is 25. The van der Waals surface area contributed by atoms with Gasteiger partial charge in [-0.25, -0.2) is 9.13 Å². The molecule has 58 heavy (non-hydrogen) atoms. The molecule has 0 aliphatic heterocycles. The summed E-state index contributed by atoms with van der Waals surface area (Å²) in [5.41, 5.74) is 4.13. The lowest BCUT2D eigenvalue weighted by molar-refractivity contribution is -0.697. The number of benzene rings is 2. The van der Waals surface area contributed by atoms with Crippen LogP contribution in [0.3, 0.4) is 0 Å². The first-order chi connectivity index (χ1) is 27.4. The molecule has 0 bridgehead atoms. The van der Waals surface area contributed by atoms with Gasteiger partial charge in [-0.15, -0.1) is 0 Å². The molecule has 10 nitrogen and oxygen atoms in total. The number of aryl methyl sites for hydroxylation is 2. The highest BCUT2D eigenvalue weighted by Crippen LogP contribution is 2.28. The van der Waals surface area contributed by atoms with Crippen molar-refractivity contribution < 1.29 is 62.5 Å². The van der Waals surface area contributed by atoms with E-state index in [0.29, 0.717) is 39.1 Å². The van der Waals surface area contributed by atoms with E-state index in [0.717, 1.165) is 82.7 Å².